The van der Waals surface area contributed by atoms with Gasteiger partial charge in [0.1, 0.15) is 12.4 Å². The normalized spacial score (nSPS) is 10.1. The maximum Gasteiger partial charge on any atom is 0.165 e. The first-order valence-corrected chi connectivity index (χ1v) is 4.69. The Morgan fingerprint density at radius 1 is 1.19 bits per heavy atom. The fourth-order valence-corrected chi connectivity index (χ4v) is 1.15. The number of para-hydroxylation sites is 1. The van der Waals surface area contributed by atoms with Crippen molar-refractivity contribution in [2.45, 2.75) is 6.61 Å². The molecule has 0 saturated carbocycles. The molecule has 0 aliphatic rings. The summed E-state index contributed by atoms with van der Waals surface area (Å²) >= 11 is 0. The first kappa shape index (κ1) is 10.4. The van der Waals surface area contributed by atoms with Gasteiger partial charge in [-0.3, -0.25) is 4.98 Å². The zero-order chi connectivity index (χ0) is 11.4. The minimum atomic E-state index is -0.397. The van der Waals surface area contributed by atoms with E-state index in [9.17, 15) is 4.39 Å². The third kappa shape index (κ3) is 2.44. The summed E-state index contributed by atoms with van der Waals surface area (Å²) in [5.41, 5.74) is 5.98. The Labute approximate surface area is 91.9 Å². The van der Waals surface area contributed by atoms with E-state index in [0.29, 0.717) is 11.5 Å². The summed E-state index contributed by atoms with van der Waals surface area (Å²) in [4.78, 5) is 7.84. The minimum Gasteiger partial charge on any atom is -0.484 e. The third-order valence-electron chi connectivity index (χ3n) is 1.94. The van der Waals surface area contributed by atoms with Gasteiger partial charge in [-0.2, -0.15) is 0 Å². The summed E-state index contributed by atoms with van der Waals surface area (Å²) in [6.07, 6.45) is 2.93. The minimum absolute atomic E-state index is 0.161. The predicted molar refractivity (Wildman–Crippen MR) is 57.2 cm³/mol. The van der Waals surface area contributed by atoms with Gasteiger partial charge >= 0.3 is 0 Å². The van der Waals surface area contributed by atoms with Crippen LogP contribution in [0, 0.1) is 5.82 Å². The van der Waals surface area contributed by atoms with Crippen molar-refractivity contribution in [1.82, 2.24) is 9.97 Å². The third-order valence-corrected chi connectivity index (χ3v) is 1.94. The van der Waals surface area contributed by atoms with E-state index in [1.165, 1.54) is 18.5 Å². The Balaban J connectivity index is 2.02. The van der Waals surface area contributed by atoms with Gasteiger partial charge in [-0.15, -0.1) is 0 Å². The molecule has 0 atom stereocenters. The largest absolute Gasteiger partial charge is 0.484 e. The molecule has 1 heterocycles. The van der Waals surface area contributed by atoms with Crippen LogP contribution in [0.4, 0.5) is 10.2 Å². The molecule has 2 rings (SSSR count). The molecule has 5 heteroatoms. The van der Waals surface area contributed by atoms with Crippen LogP contribution in [0.5, 0.6) is 5.75 Å². The highest BCUT2D eigenvalue weighted by Crippen LogP contribution is 2.16. The summed E-state index contributed by atoms with van der Waals surface area (Å²) in [5.74, 6) is 0.140. The average Bonchev–Trinajstić information content (AvgIpc) is 2.30. The molecule has 0 amide bonds. The van der Waals surface area contributed by atoms with Gasteiger partial charge in [-0.1, -0.05) is 12.1 Å². The molecule has 2 aromatic rings. The van der Waals surface area contributed by atoms with Crippen molar-refractivity contribution >= 4 is 5.82 Å². The summed E-state index contributed by atoms with van der Waals surface area (Å²) in [6, 6.07) is 6.20. The molecule has 0 spiro atoms. The van der Waals surface area contributed by atoms with E-state index in [-0.39, 0.29) is 12.4 Å². The second-order valence-electron chi connectivity index (χ2n) is 3.15. The standard InChI is InChI=1S/C11H10FN3O/c12-9-3-1-2-4-10(9)16-7-8-5-15-11(13)6-14-8/h1-6H,7H2,(H2,13,15). The molecule has 0 aliphatic heterocycles. The van der Waals surface area contributed by atoms with Crippen molar-refractivity contribution in [3.05, 3.63) is 48.2 Å². The average molecular weight is 219 g/mol. The molecule has 16 heavy (non-hydrogen) atoms. The van der Waals surface area contributed by atoms with Crippen molar-refractivity contribution in [2.75, 3.05) is 5.73 Å². The smallest absolute Gasteiger partial charge is 0.165 e. The summed E-state index contributed by atoms with van der Waals surface area (Å²) in [7, 11) is 0. The number of ether oxygens (including phenoxy) is 1. The molecule has 0 aliphatic carbocycles. The molecule has 4 nitrogen and oxygen atoms in total. The van der Waals surface area contributed by atoms with Gasteiger partial charge in [0.15, 0.2) is 11.6 Å². The first-order valence-electron chi connectivity index (χ1n) is 4.69. The van der Waals surface area contributed by atoms with E-state index in [4.69, 9.17) is 10.5 Å². The Bertz CT molecular complexity index is 473. The molecular weight excluding hydrogens is 209 g/mol. The molecule has 82 valence electrons. The van der Waals surface area contributed by atoms with E-state index < -0.39 is 5.82 Å². The van der Waals surface area contributed by atoms with Crippen molar-refractivity contribution in [1.29, 1.82) is 0 Å². The molecule has 1 aromatic carbocycles. The van der Waals surface area contributed by atoms with Crippen LogP contribution < -0.4 is 10.5 Å². The number of hydrogen-bond acceptors (Lipinski definition) is 4. The molecule has 1 aromatic heterocycles. The molecule has 2 N–H and O–H groups in total. The number of benzene rings is 1. The quantitative estimate of drug-likeness (QED) is 0.854. The van der Waals surface area contributed by atoms with Crippen molar-refractivity contribution in [2.24, 2.45) is 0 Å². The number of nitrogens with two attached hydrogens (primary N) is 1. The number of halogens is 1. The maximum absolute atomic E-state index is 13.2. The van der Waals surface area contributed by atoms with Gasteiger partial charge in [0.2, 0.25) is 0 Å². The van der Waals surface area contributed by atoms with Crippen LogP contribution >= 0.6 is 0 Å². The molecule has 0 saturated heterocycles. The lowest BCUT2D eigenvalue weighted by atomic mass is 10.3. The van der Waals surface area contributed by atoms with Gasteiger partial charge in [-0.25, -0.2) is 9.37 Å². The monoisotopic (exact) mass is 219 g/mol. The summed E-state index contributed by atoms with van der Waals surface area (Å²) < 4.78 is 18.4. The molecule has 0 unspecified atom stereocenters. The Morgan fingerprint density at radius 2 is 2.00 bits per heavy atom. The molecule has 0 fully saturated rings. The molecule has 0 bridgehead atoms. The fourth-order valence-electron chi connectivity index (χ4n) is 1.15. The number of rotatable bonds is 3. The first-order chi connectivity index (χ1) is 7.75. The van der Waals surface area contributed by atoms with Crippen LogP contribution in [-0.2, 0) is 6.61 Å². The van der Waals surface area contributed by atoms with Crippen LogP contribution in [0.25, 0.3) is 0 Å². The Hall–Kier alpha value is -2.17. The number of nitrogens with zero attached hydrogens (tertiary/aromatic N) is 2. The van der Waals surface area contributed by atoms with Crippen molar-refractivity contribution < 1.29 is 9.13 Å². The van der Waals surface area contributed by atoms with E-state index in [1.807, 2.05) is 0 Å². The van der Waals surface area contributed by atoms with Crippen LogP contribution in [0.15, 0.2) is 36.7 Å². The van der Waals surface area contributed by atoms with Gasteiger partial charge in [0, 0.05) is 0 Å². The highest BCUT2D eigenvalue weighted by molar-refractivity contribution is 5.25. The fraction of sp³-hybridized carbons (Fsp3) is 0.0909. The second kappa shape index (κ2) is 4.57. The van der Waals surface area contributed by atoms with E-state index >= 15 is 0 Å². The lowest BCUT2D eigenvalue weighted by Crippen LogP contribution is -2.01. The Morgan fingerprint density at radius 3 is 2.69 bits per heavy atom. The number of aromatic nitrogens is 2. The number of anilines is 1. The maximum atomic E-state index is 13.2. The number of hydrogen-bond donors (Lipinski definition) is 1. The van der Waals surface area contributed by atoms with E-state index in [0.717, 1.165) is 0 Å². The highest BCUT2D eigenvalue weighted by atomic mass is 19.1. The molecular formula is C11H10FN3O. The van der Waals surface area contributed by atoms with Crippen molar-refractivity contribution in [3.8, 4) is 5.75 Å². The zero-order valence-corrected chi connectivity index (χ0v) is 8.43. The lowest BCUT2D eigenvalue weighted by Gasteiger charge is -2.05. The summed E-state index contributed by atoms with van der Waals surface area (Å²) in [5, 5.41) is 0. The van der Waals surface area contributed by atoms with Gasteiger partial charge in [0.05, 0.1) is 18.1 Å². The van der Waals surface area contributed by atoms with Crippen LogP contribution in [-0.4, -0.2) is 9.97 Å². The SMILES string of the molecule is Nc1cnc(COc2ccccc2F)cn1. The lowest BCUT2D eigenvalue weighted by molar-refractivity contribution is 0.285. The van der Waals surface area contributed by atoms with E-state index in [2.05, 4.69) is 9.97 Å². The predicted octanol–water partition coefficient (Wildman–Crippen LogP) is 1.78. The van der Waals surface area contributed by atoms with Crippen molar-refractivity contribution in [3.63, 3.8) is 0 Å². The van der Waals surface area contributed by atoms with Crippen LogP contribution in [0.3, 0.4) is 0 Å². The summed E-state index contributed by atoms with van der Waals surface area (Å²) in [6.45, 7) is 0.161. The zero-order valence-electron chi connectivity index (χ0n) is 8.43. The van der Waals surface area contributed by atoms with Gasteiger partial charge in [-0.05, 0) is 12.1 Å². The highest BCUT2D eigenvalue weighted by Gasteiger charge is 2.02. The van der Waals surface area contributed by atoms with Crippen LogP contribution in [0.2, 0.25) is 0 Å². The van der Waals surface area contributed by atoms with Gasteiger partial charge in [0.25, 0.3) is 0 Å². The van der Waals surface area contributed by atoms with Gasteiger partial charge < -0.3 is 10.5 Å². The second-order valence-corrected chi connectivity index (χ2v) is 3.15. The Kier molecular flexibility index (Phi) is 2.95. The molecule has 0 radical (unpaired) electrons. The van der Waals surface area contributed by atoms with E-state index in [1.54, 1.807) is 18.2 Å². The topological polar surface area (TPSA) is 61.0 Å². The van der Waals surface area contributed by atoms with Crippen LogP contribution in [0.1, 0.15) is 5.69 Å². The number of nitrogen functional groups attached to an aromatic ring is 1.